The zero-order chi connectivity index (χ0) is 11.8. The smallest absolute Gasteiger partial charge is 0.303 e. The summed E-state index contributed by atoms with van der Waals surface area (Å²) in [4.78, 5) is 14.5. The number of aromatic nitrogens is 1. The molecule has 88 valence electrons. The Hall–Kier alpha value is -0.550. The summed E-state index contributed by atoms with van der Waals surface area (Å²) in [7, 11) is 0. The number of carbonyl (C=O) groups is 1. The molecule has 0 saturated carbocycles. The van der Waals surface area contributed by atoms with Crippen molar-refractivity contribution in [3.8, 4) is 0 Å². The average Bonchev–Trinajstić information content (AvgIpc) is 2.25. The quantitative estimate of drug-likeness (QED) is 0.618. The monoisotopic (exact) mass is 303 g/mol. The van der Waals surface area contributed by atoms with E-state index < -0.39 is 5.97 Å². The molecule has 0 aliphatic rings. The van der Waals surface area contributed by atoms with Crippen molar-refractivity contribution in [1.82, 2.24) is 4.98 Å². The molecule has 3 nitrogen and oxygen atoms in total. The molecule has 0 saturated heterocycles. The van der Waals surface area contributed by atoms with Gasteiger partial charge in [0.1, 0.15) is 0 Å². The lowest BCUT2D eigenvalue weighted by molar-refractivity contribution is -0.137. The predicted molar refractivity (Wildman–Crippen MR) is 68.8 cm³/mol. The summed E-state index contributed by atoms with van der Waals surface area (Å²) in [5.74, 6) is 0.288. The molecule has 5 heteroatoms. The molecule has 0 fully saturated rings. The lowest BCUT2D eigenvalue weighted by atomic mass is 10.2. The molecular weight excluding hydrogens is 290 g/mol. The van der Waals surface area contributed by atoms with E-state index in [9.17, 15) is 4.79 Å². The van der Waals surface area contributed by atoms with Crippen LogP contribution in [0.25, 0.3) is 0 Å². The molecule has 0 amide bonds. The third-order valence-corrected chi connectivity index (χ3v) is 3.48. The van der Waals surface area contributed by atoms with Gasteiger partial charge in [-0.3, -0.25) is 4.79 Å². The highest BCUT2D eigenvalue weighted by Crippen LogP contribution is 2.19. The molecule has 0 aliphatic heterocycles. The Labute approximate surface area is 108 Å². The van der Waals surface area contributed by atoms with Crippen LogP contribution in [-0.2, 0) is 4.79 Å². The van der Waals surface area contributed by atoms with E-state index in [2.05, 4.69) is 20.9 Å². The van der Waals surface area contributed by atoms with Crippen LogP contribution in [0.15, 0.2) is 27.8 Å². The second kappa shape index (κ2) is 7.68. The molecule has 1 aromatic heterocycles. The summed E-state index contributed by atoms with van der Waals surface area (Å²) < 4.78 is 0.985. The van der Waals surface area contributed by atoms with E-state index in [1.54, 1.807) is 18.0 Å². The highest BCUT2D eigenvalue weighted by molar-refractivity contribution is 9.10. The van der Waals surface area contributed by atoms with Crippen molar-refractivity contribution in [3.63, 3.8) is 0 Å². The minimum absolute atomic E-state index is 0.279. The normalized spacial score (nSPS) is 10.3. The maximum Gasteiger partial charge on any atom is 0.303 e. The van der Waals surface area contributed by atoms with Crippen LogP contribution < -0.4 is 0 Å². The van der Waals surface area contributed by atoms with Crippen molar-refractivity contribution in [3.05, 3.63) is 22.8 Å². The van der Waals surface area contributed by atoms with Crippen molar-refractivity contribution in [2.24, 2.45) is 0 Å². The molecule has 1 aromatic rings. The van der Waals surface area contributed by atoms with Crippen molar-refractivity contribution in [2.75, 3.05) is 5.75 Å². The summed E-state index contributed by atoms with van der Waals surface area (Å²) >= 11 is 5.04. The predicted octanol–water partition coefficient (Wildman–Crippen LogP) is 3.58. The van der Waals surface area contributed by atoms with Gasteiger partial charge < -0.3 is 5.11 Å². The van der Waals surface area contributed by atoms with Gasteiger partial charge in [-0.05, 0) is 46.7 Å². The molecule has 1 N–H and O–H groups in total. The first-order chi connectivity index (χ1) is 7.68. The number of unbranched alkanes of at least 4 members (excludes halogenated alkanes) is 2. The van der Waals surface area contributed by atoms with Gasteiger partial charge in [-0.2, -0.15) is 0 Å². The number of carboxylic acid groups (broad SMARTS) is 1. The number of pyridine rings is 1. The molecule has 0 unspecified atom stereocenters. The maximum absolute atomic E-state index is 10.3. The minimum atomic E-state index is -0.706. The molecule has 0 radical (unpaired) electrons. The number of nitrogens with zero attached hydrogens (tertiary/aromatic N) is 1. The molecule has 1 rings (SSSR count). The topological polar surface area (TPSA) is 50.2 Å². The lowest BCUT2D eigenvalue weighted by Crippen LogP contribution is -1.94. The van der Waals surface area contributed by atoms with Crippen LogP contribution in [0.1, 0.15) is 25.7 Å². The summed E-state index contributed by atoms with van der Waals surface area (Å²) in [6.07, 6.45) is 4.84. The number of hydrogen-bond donors (Lipinski definition) is 1. The largest absolute Gasteiger partial charge is 0.481 e. The van der Waals surface area contributed by atoms with Crippen molar-refractivity contribution >= 4 is 33.7 Å². The fourth-order valence-corrected chi connectivity index (χ4v) is 2.26. The van der Waals surface area contributed by atoms with Crippen LogP contribution in [0.4, 0.5) is 0 Å². The van der Waals surface area contributed by atoms with E-state index in [-0.39, 0.29) is 6.42 Å². The van der Waals surface area contributed by atoms with Crippen LogP contribution in [0.2, 0.25) is 0 Å². The first-order valence-electron chi connectivity index (χ1n) is 5.14. The molecule has 0 spiro atoms. The summed E-state index contributed by atoms with van der Waals surface area (Å²) in [5.41, 5.74) is 0. The van der Waals surface area contributed by atoms with E-state index in [0.717, 1.165) is 34.5 Å². The Bertz CT molecular complexity index is 329. The summed E-state index contributed by atoms with van der Waals surface area (Å²) in [5, 5.41) is 9.47. The van der Waals surface area contributed by atoms with Crippen LogP contribution in [0, 0.1) is 0 Å². The Kier molecular flexibility index (Phi) is 6.49. The Morgan fingerprint density at radius 2 is 2.19 bits per heavy atom. The fourth-order valence-electron chi connectivity index (χ4n) is 1.18. The van der Waals surface area contributed by atoms with Gasteiger partial charge in [0.15, 0.2) is 0 Å². The summed E-state index contributed by atoms with van der Waals surface area (Å²) in [6, 6.07) is 3.95. The Balaban J connectivity index is 2.07. The zero-order valence-corrected chi connectivity index (χ0v) is 11.3. The van der Waals surface area contributed by atoms with Crippen molar-refractivity contribution in [1.29, 1.82) is 0 Å². The van der Waals surface area contributed by atoms with Gasteiger partial charge in [0.2, 0.25) is 0 Å². The van der Waals surface area contributed by atoms with E-state index in [0.29, 0.717) is 0 Å². The van der Waals surface area contributed by atoms with Gasteiger partial charge in [0.05, 0.1) is 5.03 Å². The van der Waals surface area contributed by atoms with E-state index in [1.165, 1.54) is 0 Å². The lowest BCUT2D eigenvalue weighted by Gasteiger charge is -2.00. The first-order valence-corrected chi connectivity index (χ1v) is 6.92. The number of aliphatic carboxylic acids is 1. The number of rotatable bonds is 7. The van der Waals surface area contributed by atoms with Crippen molar-refractivity contribution < 1.29 is 9.90 Å². The van der Waals surface area contributed by atoms with Gasteiger partial charge in [0.25, 0.3) is 0 Å². The van der Waals surface area contributed by atoms with E-state index >= 15 is 0 Å². The average molecular weight is 304 g/mol. The molecule has 16 heavy (non-hydrogen) atoms. The third-order valence-electron chi connectivity index (χ3n) is 1.99. The minimum Gasteiger partial charge on any atom is -0.481 e. The highest BCUT2D eigenvalue weighted by Gasteiger charge is 1.98. The number of halogens is 1. The molecular formula is C11H14BrNO2S. The molecule has 0 bridgehead atoms. The van der Waals surface area contributed by atoms with Crippen LogP contribution in [0.5, 0.6) is 0 Å². The van der Waals surface area contributed by atoms with E-state index in [4.69, 9.17) is 5.11 Å². The van der Waals surface area contributed by atoms with Crippen molar-refractivity contribution in [2.45, 2.75) is 30.7 Å². The summed E-state index contributed by atoms with van der Waals surface area (Å²) in [6.45, 7) is 0. The Morgan fingerprint density at radius 3 is 2.81 bits per heavy atom. The van der Waals surface area contributed by atoms with Gasteiger partial charge in [-0.1, -0.05) is 6.42 Å². The van der Waals surface area contributed by atoms with Gasteiger partial charge in [0, 0.05) is 17.1 Å². The second-order valence-corrected chi connectivity index (χ2v) is 5.40. The third kappa shape index (κ3) is 6.12. The molecule has 1 heterocycles. The number of hydrogen-bond acceptors (Lipinski definition) is 3. The van der Waals surface area contributed by atoms with Gasteiger partial charge >= 0.3 is 5.97 Å². The number of thioether (sulfide) groups is 1. The standard InChI is InChI=1S/C11H14BrNO2S/c12-9-5-6-10(13-8-9)16-7-3-1-2-4-11(14)15/h5-6,8H,1-4,7H2,(H,14,15). The maximum atomic E-state index is 10.3. The molecule has 0 aromatic carbocycles. The molecule has 0 aliphatic carbocycles. The van der Waals surface area contributed by atoms with Crippen LogP contribution in [-0.4, -0.2) is 21.8 Å². The fraction of sp³-hybridized carbons (Fsp3) is 0.455. The van der Waals surface area contributed by atoms with Gasteiger partial charge in [-0.15, -0.1) is 11.8 Å². The zero-order valence-electron chi connectivity index (χ0n) is 8.86. The Morgan fingerprint density at radius 1 is 1.38 bits per heavy atom. The molecule has 0 atom stereocenters. The first kappa shape index (κ1) is 13.5. The van der Waals surface area contributed by atoms with Gasteiger partial charge in [-0.25, -0.2) is 4.98 Å². The SMILES string of the molecule is O=C(O)CCCCCSc1ccc(Br)cn1. The second-order valence-electron chi connectivity index (χ2n) is 3.37. The highest BCUT2D eigenvalue weighted by atomic mass is 79.9. The number of carboxylic acids is 1. The van der Waals surface area contributed by atoms with Crippen LogP contribution >= 0.6 is 27.7 Å². The van der Waals surface area contributed by atoms with Crippen LogP contribution in [0.3, 0.4) is 0 Å². The van der Waals surface area contributed by atoms with E-state index in [1.807, 2.05) is 12.1 Å².